The standard InChI is InChI=1S/C22H29N5O.ClH/c1-13-8-7-9-14(2)18(13)11-24-19-10-17(26-21(28)22(5,6)23)12-27-16(4)15(3)25-20(19)27;/h7-10,12,24H,11,23H2,1-6H3,(H,26,28);1H. The van der Waals surface area contributed by atoms with Gasteiger partial charge in [-0.2, -0.15) is 0 Å². The third-order valence-corrected chi connectivity index (χ3v) is 5.14. The van der Waals surface area contributed by atoms with E-state index in [4.69, 9.17) is 10.7 Å². The Balaban J connectivity index is 0.00000300. The largest absolute Gasteiger partial charge is 0.378 e. The smallest absolute Gasteiger partial charge is 0.243 e. The van der Waals surface area contributed by atoms with E-state index in [9.17, 15) is 4.79 Å². The SMILES string of the molecule is Cc1cccc(C)c1CNc1cc(NC(=O)C(C)(C)N)cn2c(C)c(C)nc12.Cl. The molecule has 2 heterocycles. The number of imidazole rings is 1. The molecule has 1 aromatic carbocycles. The van der Waals surface area contributed by atoms with Crippen molar-refractivity contribution in [1.29, 1.82) is 0 Å². The molecule has 3 rings (SSSR count). The molecule has 0 spiro atoms. The van der Waals surface area contributed by atoms with Crippen LogP contribution in [0.1, 0.15) is 41.9 Å². The number of halogens is 1. The summed E-state index contributed by atoms with van der Waals surface area (Å²) in [5.74, 6) is -0.234. The zero-order chi connectivity index (χ0) is 20.6. The van der Waals surface area contributed by atoms with E-state index in [1.807, 2.05) is 30.5 Å². The molecule has 3 aromatic rings. The lowest BCUT2D eigenvalue weighted by atomic mass is 10.0. The third kappa shape index (κ3) is 4.71. The van der Waals surface area contributed by atoms with Gasteiger partial charge in [0.2, 0.25) is 5.91 Å². The second-order valence-corrected chi connectivity index (χ2v) is 8.02. The minimum absolute atomic E-state index is 0. The maximum absolute atomic E-state index is 12.4. The lowest BCUT2D eigenvalue weighted by Gasteiger charge is -2.19. The topological polar surface area (TPSA) is 84.4 Å². The number of amides is 1. The Kier molecular flexibility index (Phi) is 6.60. The average molecular weight is 416 g/mol. The second-order valence-electron chi connectivity index (χ2n) is 8.02. The van der Waals surface area contributed by atoms with Crippen molar-refractivity contribution in [3.8, 4) is 0 Å². The highest BCUT2D eigenvalue weighted by Crippen LogP contribution is 2.26. The quantitative estimate of drug-likeness (QED) is 0.580. The minimum atomic E-state index is -0.958. The monoisotopic (exact) mass is 415 g/mol. The number of aryl methyl sites for hydroxylation is 4. The van der Waals surface area contributed by atoms with Crippen molar-refractivity contribution in [3.63, 3.8) is 0 Å². The van der Waals surface area contributed by atoms with Crippen LogP contribution in [-0.4, -0.2) is 20.8 Å². The summed E-state index contributed by atoms with van der Waals surface area (Å²) in [6.07, 6.45) is 1.89. The van der Waals surface area contributed by atoms with Crippen molar-refractivity contribution < 1.29 is 4.79 Å². The molecule has 29 heavy (non-hydrogen) atoms. The number of fused-ring (bicyclic) bond motifs is 1. The van der Waals surface area contributed by atoms with Crippen LogP contribution in [0.25, 0.3) is 5.65 Å². The molecule has 0 radical (unpaired) electrons. The van der Waals surface area contributed by atoms with Gasteiger partial charge in [0.15, 0.2) is 5.65 Å². The summed E-state index contributed by atoms with van der Waals surface area (Å²) in [5, 5.41) is 6.43. The molecule has 0 saturated carbocycles. The number of nitrogens with zero attached hydrogens (tertiary/aromatic N) is 2. The van der Waals surface area contributed by atoms with E-state index < -0.39 is 5.54 Å². The molecule has 6 nitrogen and oxygen atoms in total. The van der Waals surface area contributed by atoms with Gasteiger partial charge >= 0.3 is 0 Å². The number of aromatic nitrogens is 2. The number of nitrogens with one attached hydrogen (secondary N) is 2. The molecule has 4 N–H and O–H groups in total. The third-order valence-electron chi connectivity index (χ3n) is 5.14. The zero-order valence-electron chi connectivity index (χ0n) is 17.9. The van der Waals surface area contributed by atoms with Gasteiger partial charge in [-0.1, -0.05) is 18.2 Å². The predicted octanol–water partition coefficient (Wildman–Crippen LogP) is 4.28. The van der Waals surface area contributed by atoms with Crippen LogP contribution in [0.5, 0.6) is 0 Å². The van der Waals surface area contributed by atoms with Gasteiger partial charge in [0.05, 0.1) is 22.6 Å². The average Bonchev–Trinajstić information content (AvgIpc) is 2.89. The van der Waals surface area contributed by atoms with Gasteiger partial charge in [-0.3, -0.25) is 4.79 Å². The first-order chi connectivity index (χ1) is 13.1. The molecule has 0 bridgehead atoms. The number of benzene rings is 1. The Bertz CT molecular complexity index is 1030. The molecule has 0 aliphatic rings. The highest BCUT2D eigenvalue weighted by Gasteiger charge is 2.22. The van der Waals surface area contributed by atoms with Crippen molar-refractivity contribution in [2.45, 2.75) is 53.6 Å². The summed E-state index contributed by atoms with van der Waals surface area (Å²) in [5.41, 5.74) is 13.1. The number of nitrogens with two attached hydrogens (primary N) is 1. The molecular weight excluding hydrogens is 386 g/mol. The van der Waals surface area contributed by atoms with E-state index in [0.29, 0.717) is 12.2 Å². The Morgan fingerprint density at radius 3 is 2.38 bits per heavy atom. The lowest BCUT2D eigenvalue weighted by Crippen LogP contribution is -2.45. The summed E-state index contributed by atoms with van der Waals surface area (Å²) in [6.45, 7) is 12.3. The van der Waals surface area contributed by atoms with E-state index in [2.05, 4.69) is 42.7 Å². The fourth-order valence-electron chi connectivity index (χ4n) is 3.17. The maximum atomic E-state index is 12.4. The van der Waals surface area contributed by atoms with Crippen molar-refractivity contribution in [2.24, 2.45) is 5.73 Å². The van der Waals surface area contributed by atoms with E-state index in [1.165, 1.54) is 16.7 Å². The molecular formula is C22H30ClN5O. The highest BCUT2D eigenvalue weighted by atomic mass is 35.5. The van der Waals surface area contributed by atoms with Gasteiger partial charge in [-0.25, -0.2) is 4.98 Å². The second kappa shape index (κ2) is 8.43. The van der Waals surface area contributed by atoms with Gasteiger partial charge in [0, 0.05) is 18.4 Å². The first kappa shape index (κ1) is 22.7. The molecule has 0 aliphatic heterocycles. The van der Waals surface area contributed by atoms with Crippen molar-refractivity contribution in [3.05, 3.63) is 58.5 Å². The number of hydrogen-bond acceptors (Lipinski definition) is 4. The molecule has 0 saturated heterocycles. The van der Waals surface area contributed by atoms with Crippen LogP contribution in [0.4, 0.5) is 11.4 Å². The molecule has 156 valence electrons. The van der Waals surface area contributed by atoms with Gasteiger partial charge in [0.1, 0.15) is 0 Å². The summed E-state index contributed by atoms with van der Waals surface area (Å²) in [7, 11) is 0. The van der Waals surface area contributed by atoms with Gasteiger partial charge in [-0.05, 0) is 64.3 Å². The molecule has 0 atom stereocenters. The summed E-state index contributed by atoms with van der Waals surface area (Å²) < 4.78 is 2.00. The highest BCUT2D eigenvalue weighted by molar-refractivity contribution is 5.98. The van der Waals surface area contributed by atoms with Gasteiger partial charge < -0.3 is 20.8 Å². The summed E-state index contributed by atoms with van der Waals surface area (Å²) in [6, 6.07) is 8.21. The lowest BCUT2D eigenvalue weighted by molar-refractivity contribution is -0.120. The van der Waals surface area contributed by atoms with Crippen LogP contribution >= 0.6 is 12.4 Å². The molecule has 2 aromatic heterocycles. The van der Waals surface area contributed by atoms with E-state index in [-0.39, 0.29) is 18.3 Å². The van der Waals surface area contributed by atoms with Gasteiger partial charge in [0.25, 0.3) is 0 Å². The van der Waals surface area contributed by atoms with E-state index in [1.54, 1.807) is 13.8 Å². The maximum Gasteiger partial charge on any atom is 0.243 e. The number of hydrogen-bond donors (Lipinski definition) is 3. The van der Waals surface area contributed by atoms with E-state index >= 15 is 0 Å². The Morgan fingerprint density at radius 2 is 1.79 bits per heavy atom. The molecule has 7 heteroatoms. The summed E-state index contributed by atoms with van der Waals surface area (Å²) in [4.78, 5) is 17.1. The summed E-state index contributed by atoms with van der Waals surface area (Å²) >= 11 is 0. The van der Waals surface area contributed by atoms with Gasteiger partial charge in [-0.15, -0.1) is 12.4 Å². The Morgan fingerprint density at radius 1 is 1.17 bits per heavy atom. The molecule has 0 fully saturated rings. The first-order valence-electron chi connectivity index (χ1n) is 9.46. The number of carbonyl (C=O) groups excluding carboxylic acids is 1. The predicted molar refractivity (Wildman–Crippen MR) is 122 cm³/mol. The van der Waals surface area contributed by atoms with Crippen molar-refractivity contribution >= 4 is 35.3 Å². The fraction of sp³-hybridized carbons (Fsp3) is 0.364. The number of pyridine rings is 1. The Hall–Kier alpha value is -2.57. The Labute approximate surface area is 178 Å². The molecule has 0 aliphatic carbocycles. The minimum Gasteiger partial charge on any atom is -0.378 e. The number of anilines is 2. The van der Waals surface area contributed by atoms with Crippen LogP contribution < -0.4 is 16.4 Å². The normalized spacial score (nSPS) is 11.3. The van der Waals surface area contributed by atoms with Crippen LogP contribution in [0, 0.1) is 27.7 Å². The zero-order valence-corrected chi connectivity index (χ0v) is 18.7. The van der Waals surface area contributed by atoms with Crippen LogP contribution in [0.3, 0.4) is 0 Å². The first-order valence-corrected chi connectivity index (χ1v) is 9.46. The number of rotatable bonds is 5. The van der Waals surface area contributed by atoms with Crippen molar-refractivity contribution in [2.75, 3.05) is 10.6 Å². The van der Waals surface area contributed by atoms with Crippen molar-refractivity contribution in [1.82, 2.24) is 9.38 Å². The van der Waals surface area contributed by atoms with Crippen LogP contribution in [0.2, 0.25) is 0 Å². The number of carbonyl (C=O) groups is 1. The fourth-order valence-corrected chi connectivity index (χ4v) is 3.17. The molecule has 1 amide bonds. The van der Waals surface area contributed by atoms with Crippen LogP contribution in [-0.2, 0) is 11.3 Å². The van der Waals surface area contributed by atoms with Crippen LogP contribution in [0.15, 0.2) is 30.5 Å². The molecule has 0 unspecified atom stereocenters. The van der Waals surface area contributed by atoms with E-state index in [0.717, 1.165) is 22.7 Å².